The maximum atomic E-state index is 13.2. The summed E-state index contributed by atoms with van der Waals surface area (Å²) in [6, 6.07) is 7.54. The zero-order valence-electron chi connectivity index (χ0n) is 17.3. The van der Waals surface area contributed by atoms with Crippen LogP contribution in [0.2, 0.25) is 0 Å². The summed E-state index contributed by atoms with van der Waals surface area (Å²) in [5.74, 6) is 0.578. The quantitative estimate of drug-likeness (QED) is 0.712. The lowest BCUT2D eigenvalue weighted by Crippen LogP contribution is -2.44. The van der Waals surface area contributed by atoms with Crippen LogP contribution in [0.4, 0.5) is 11.4 Å². The minimum atomic E-state index is -0.274. The molecule has 6 heteroatoms. The van der Waals surface area contributed by atoms with Crippen LogP contribution < -0.4 is 16.0 Å². The summed E-state index contributed by atoms with van der Waals surface area (Å²) in [7, 11) is 0. The number of amides is 2. The summed E-state index contributed by atoms with van der Waals surface area (Å²) in [4.78, 5) is 27.9. The van der Waals surface area contributed by atoms with Crippen molar-refractivity contribution in [3.63, 3.8) is 0 Å². The highest BCUT2D eigenvalue weighted by Gasteiger charge is 2.49. The molecule has 0 spiro atoms. The lowest BCUT2D eigenvalue weighted by atomic mass is 9.67. The lowest BCUT2D eigenvalue weighted by molar-refractivity contribution is -0.128. The Kier molecular flexibility index (Phi) is 6.50. The van der Waals surface area contributed by atoms with E-state index in [-0.39, 0.29) is 17.2 Å². The van der Waals surface area contributed by atoms with Crippen molar-refractivity contribution >= 4 is 23.2 Å². The summed E-state index contributed by atoms with van der Waals surface area (Å²) in [6.45, 7) is 4.16. The molecule has 1 aromatic rings. The van der Waals surface area contributed by atoms with Crippen molar-refractivity contribution in [3.05, 3.63) is 24.3 Å². The van der Waals surface area contributed by atoms with Crippen LogP contribution in [-0.2, 0) is 9.59 Å². The first-order valence-electron chi connectivity index (χ1n) is 11.3. The minimum Gasteiger partial charge on any atom is -0.325 e. The van der Waals surface area contributed by atoms with Gasteiger partial charge >= 0.3 is 0 Å². The number of fused-ring (bicyclic) bond motifs is 1. The Hall–Kier alpha value is -1.92. The van der Waals surface area contributed by atoms with Crippen molar-refractivity contribution in [2.45, 2.75) is 51.4 Å². The highest BCUT2D eigenvalue weighted by molar-refractivity contribution is 5.97. The molecular weight excluding hydrogens is 364 g/mol. The van der Waals surface area contributed by atoms with Crippen LogP contribution in [0.3, 0.4) is 0 Å². The molecule has 2 heterocycles. The fourth-order valence-electron chi connectivity index (χ4n) is 5.32. The van der Waals surface area contributed by atoms with Crippen molar-refractivity contribution in [1.29, 1.82) is 0 Å². The molecule has 0 radical (unpaired) electrons. The Balaban J connectivity index is 1.36. The standard InChI is InChI=1S/C23H34N4O2/c28-21(16-27-12-5-1-2-6-13-27)25-19-9-7-10-20(14-19)26-22(29)23-11-4-3-8-18(23)15-24-17-23/h7,9-10,14,18,24H,1-6,8,11-13,15-17H2,(H,25,28)(H,26,29)/t18-,23+/m0/s1. The molecule has 3 aliphatic rings. The minimum absolute atomic E-state index is 0.0151. The third kappa shape index (κ3) is 4.81. The number of benzene rings is 1. The van der Waals surface area contributed by atoms with Gasteiger partial charge in [-0.25, -0.2) is 0 Å². The molecule has 2 atom stereocenters. The van der Waals surface area contributed by atoms with Gasteiger partial charge in [0.1, 0.15) is 0 Å². The Labute approximate surface area is 173 Å². The number of rotatable bonds is 5. The predicted molar refractivity (Wildman–Crippen MR) is 116 cm³/mol. The number of carbonyl (C=O) groups excluding carboxylic acids is 2. The van der Waals surface area contributed by atoms with Crippen LogP contribution in [0.15, 0.2) is 24.3 Å². The predicted octanol–water partition coefficient (Wildman–Crippen LogP) is 3.22. The number of likely N-dealkylation sites (tertiary alicyclic amines) is 1. The summed E-state index contributed by atoms with van der Waals surface area (Å²) in [5.41, 5.74) is 1.22. The second kappa shape index (κ2) is 9.26. The maximum absolute atomic E-state index is 13.2. The molecule has 1 saturated carbocycles. The lowest BCUT2D eigenvalue weighted by Gasteiger charge is -2.37. The van der Waals surface area contributed by atoms with E-state index in [0.717, 1.165) is 56.8 Å². The van der Waals surface area contributed by atoms with Crippen LogP contribution in [0.25, 0.3) is 0 Å². The molecule has 1 aliphatic carbocycles. The van der Waals surface area contributed by atoms with E-state index >= 15 is 0 Å². The number of nitrogens with zero attached hydrogens (tertiary/aromatic N) is 1. The van der Waals surface area contributed by atoms with E-state index in [1.165, 1.54) is 32.1 Å². The van der Waals surface area contributed by atoms with Crippen LogP contribution >= 0.6 is 0 Å². The van der Waals surface area contributed by atoms with Gasteiger partial charge in [-0.3, -0.25) is 14.5 Å². The molecule has 0 aromatic heterocycles. The van der Waals surface area contributed by atoms with Crippen molar-refractivity contribution in [3.8, 4) is 0 Å². The van der Waals surface area contributed by atoms with E-state index in [1.54, 1.807) is 0 Å². The van der Waals surface area contributed by atoms with Crippen molar-refractivity contribution in [2.24, 2.45) is 11.3 Å². The molecule has 6 nitrogen and oxygen atoms in total. The van der Waals surface area contributed by atoms with Gasteiger partial charge in [0, 0.05) is 17.9 Å². The molecule has 3 fully saturated rings. The van der Waals surface area contributed by atoms with Gasteiger partial charge in [0.25, 0.3) is 0 Å². The van der Waals surface area contributed by atoms with Gasteiger partial charge in [0.05, 0.1) is 12.0 Å². The van der Waals surface area contributed by atoms with Gasteiger partial charge < -0.3 is 16.0 Å². The molecule has 3 N–H and O–H groups in total. The van der Waals surface area contributed by atoms with Gasteiger partial charge in [0.15, 0.2) is 0 Å². The van der Waals surface area contributed by atoms with Gasteiger partial charge in [-0.2, -0.15) is 0 Å². The summed E-state index contributed by atoms with van der Waals surface area (Å²) in [6.07, 6.45) is 9.31. The summed E-state index contributed by atoms with van der Waals surface area (Å²) in [5, 5.41) is 9.57. The van der Waals surface area contributed by atoms with Gasteiger partial charge in [-0.15, -0.1) is 0 Å². The Morgan fingerprint density at radius 2 is 1.79 bits per heavy atom. The maximum Gasteiger partial charge on any atom is 0.238 e. The van der Waals surface area contributed by atoms with E-state index < -0.39 is 0 Å². The first-order chi connectivity index (χ1) is 14.2. The number of carbonyl (C=O) groups is 2. The molecule has 4 rings (SSSR count). The topological polar surface area (TPSA) is 73.5 Å². The third-order valence-corrected chi connectivity index (χ3v) is 6.96. The highest BCUT2D eigenvalue weighted by Crippen LogP contribution is 2.44. The second-order valence-electron chi connectivity index (χ2n) is 9.00. The van der Waals surface area contributed by atoms with E-state index in [2.05, 4.69) is 20.9 Å². The van der Waals surface area contributed by atoms with Crippen LogP contribution in [-0.4, -0.2) is 49.4 Å². The van der Waals surface area contributed by atoms with E-state index in [1.807, 2.05) is 24.3 Å². The number of anilines is 2. The monoisotopic (exact) mass is 398 g/mol. The average Bonchev–Trinajstić information content (AvgIpc) is 3.00. The molecule has 2 saturated heterocycles. The van der Waals surface area contributed by atoms with E-state index in [4.69, 9.17) is 0 Å². The number of hydrogen-bond acceptors (Lipinski definition) is 4. The van der Waals surface area contributed by atoms with Crippen molar-refractivity contribution < 1.29 is 9.59 Å². The average molecular weight is 399 g/mol. The molecule has 29 heavy (non-hydrogen) atoms. The highest BCUT2D eigenvalue weighted by atomic mass is 16.2. The molecule has 158 valence electrons. The zero-order valence-corrected chi connectivity index (χ0v) is 17.3. The van der Waals surface area contributed by atoms with Crippen LogP contribution in [0, 0.1) is 11.3 Å². The van der Waals surface area contributed by atoms with Gasteiger partial charge in [0.2, 0.25) is 11.8 Å². The largest absolute Gasteiger partial charge is 0.325 e. The summed E-state index contributed by atoms with van der Waals surface area (Å²) >= 11 is 0. The second-order valence-corrected chi connectivity index (χ2v) is 9.00. The molecular formula is C23H34N4O2. The third-order valence-electron chi connectivity index (χ3n) is 6.96. The Morgan fingerprint density at radius 1 is 1.03 bits per heavy atom. The summed E-state index contributed by atoms with van der Waals surface area (Å²) < 4.78 is 0. The molecule has 0 bridgehead atoms. The van der Waals surface area contributed by atoms with E-state index in [0.29, 0.717) is 12.5 Å². The number of hydrogen-bond donors (Lipinski definition) is 3. The molecule has 2 aliphatic heterocycles. The first kappa shape index (κ1) is 20.4. The molecule has 0 unspecified atom stereocenters. The van der Waals surface area contributed by atoms with Crippen molar-refractivity contribution in [2.75, 3.05) is 43.4 Å². The normalized spacial score (nSPS) is 27.7. The van der Waals surface area contributed by atoms with Crippen molar-refractivity contribution in [1.82, 2.24) is 10.2 Å². The van der Waals surface area contributed by atoms with Crippen LogP contribution in [0.5, 0.6) is 0 Å². The van der Waals surface area contributed by atoms with Gasteiger partial charge in [-0.05, 0) is 69.4 Å². The smallest absolute Gasteiger partial charge is 0.238 e. The molecule has 1 aromatic carbocycles. The first-order valence-corrected chi connectivity index (χ1v) is 11.3. The molecule has 2 amide bonds. The zero-order chi connectivity index (χ0) is 20.1. The SMILES string of the molecule is O=C(CN1CCCCCC1)Nc1cccc(NC(=O)[C@@]23CCCC[C@H]2CNC3)c1. The van der Waals surface area contributed by atoms with Gasteiger partial charge in [-0.1, -0.05) is 31.7 Å². The van der Waals surface area contributed by atoms with E-state index in [9.17, 15) is 9.59 Å². The number of nitrogens with one attached hydrogen (secondary N) is 3. The fraction of sp³-hybridized carbons (Fsp3) is 0.652. The van der Waals surface area contributed by atoms with Crippen LogP contribution in [0.1, 0.15) is 51.4 Å². The fourth-order valence-corrected chi connectivity index (χ4v) is 5.32. The Bertz CT molecular complexity index is 729. The Morgan fingerprint density at radius 3 is 2.59 bits per heavy atom.